The predicted octanol–water partition coefficient (Wildman–Crippen LogP) is 2.90. The SMILES string of the molecule is CCOCCCNC(=NCc1ccc(OC)cc1)NCC(O)c1ccncc1.I. The minimum Gasteiger partial charge on any atom is -0.497 e. The van der Waals surface area contributed by atoms with Crippen LogP contribution in [0, 0.1) is 0 Å². The van der Waals surface area contributed by atoms with Gasteiger partial charge in [0, 0.05) is 38.7 Å². The van der Waals surface area contributed by atoms with Gasteiger partial charge in [0.1, 0.15) is 5.75 Å². The third-order valence-corrected chi connectivity index (χ3v) is 4.09. The van der Waals surface area contributed by atoms with Crippen LogP contribution in [-0.4, -0.2) is 49.5 Å². The van der Waals surface area contributed by atoms with Crippen LogP contribution in [0.1, 0.15) is 30.6 Å². The van der Waals surface area contributed by atoms with Crippen LogP contribution in [-0.2, 0) is 11.3 Å². The molecule has 1 atom stereocenters. The van der Waals surface area contributed by atoms with E-state index in [-0.39, 0.29) is 24.0 Å². The first kappa shape index (κ1) is 25.1. The van der Waals surface area contributed by atoms with Gasteiger partial charge >= 0.3 is 0 Å². The Hall–Kier alpha value is -1.91. The number of guanidine groups is 1. The summed E-state index contributed by atoms with van der Waals surface area (Å²) in [5.74, 6) is 1.47. The number of halogens is 1. The second kappa shape index (κ2) is 15.0. The zero-order valence-electron chi connectivity index (χ0n) is 17.0. The number of hydrogen-bond acceptors (Lipinski definition) is 5. The minimum atomic E-state index is -0.639. The van der Waals surface area contributed by atoms with Crippen molar-refractivity contribution < 1.29 is 14.6 Å². The molecule has 0 saturated carbocycles. The van der Waals surface area contributed by atoms with Crippen molar-refractivity contribution in [3.8, 4) is 5.75 Å². The van der Waals surface area contributed by atoms with Crippen molar-refractivity contribution >= 4 is 29.9 Å². The van der Waals surface area contributed by atoms with Crippen molar-refractivity contribution in [2.24, 2.45) is 4.99 Å². The second-order valence-corrected chi connectivity index (χ2v) is 6.17. The number of benzene rings is 1. The quantitative estimate of drug-likeness (QED) is 0.185. The highest BCUT2D eigenvalue weighted by atomic mass is 127. The summed E-state index contributed by atoms with van der Waals surface area (Å²) in [5, 5.41) is 16.8. The number of hydrogen-bond donors (Lipinski definition) is 3. The number of aliphatic imine (C=N–C) groups is 1. The lowest BCUT2D eigenvalue weighted by atomic mass is 10.1. The van der Waals surface area contributed by atoms with E-state index in [0.717, 1.165) is 36.4 Å². The number of nitrogens with one attached hydrogen (secondary N) is 2. The van der Waals surface area contributed by atoms with Gasteiger partial charge in [-0.15, -0.1) is 24.0 Å². The number of nitrogens with zero attached hydrogens (tertiary/aromatic N) is 2. The summed E-state index contributed by atoms with van der Waals surface area (Å²) in [4.78, 5) is 8.60. The average molecular weight is 514 g/mol. The van der Waals surface area contributed by atoms with Crippen LogP contribution in [0.2, 0.25) is 0 Å². The molecule has 8 heteroatoms. The first-order valence-electron chi connectivity index (χ1n) is 9.53. The number of aliphatic hydroxyl groups is 1. The molecule has 160 valence electrons. The van der Waals surface area contributed by atoms with E-state index in [0.29, 0.717) is 25.7 Å². The Kier molecular flexibility index (Phi) is 13.0. The molecule has 0 aliphatic carbocycles. The zero-order valence-corrected chi connectivity index (χ0v) is 19.3. The van der Waals surface area contributed by atoms with Crippen molar-refractivity contribution in [3.63, 3.8) is 0 Å². The Labute approximate surface area is 190 Å². The fourth-order valence-corrected chi connectivity index (χ4v) is 2.50. The molecule has 0 fully saturated rings. The number of ether oxygens (including phenoxy) is 2. The van der Waals surface area contributed by atoms with E-state index in [1.165, 1.54) is 0 Å². The van der Waals surface area contributed by atoms with Crippen molar-refractivity contribution in [2.45, 2.75) is 26.0 Å². The molecule has 29 heavy (non-hydrogen) atoms. The molecule has 0 amide bonds. The van der Waals surface area contributed by atoms with Gasteiger partial charge in [-0.05, 0) is 48.7 Å². The summed E-state index contributed by atoms with van der Waals surface area (Å²) in [6, 6.07) is 11.4. The molecule has 1 heterocycles. The van der Waals surface area contributed by atoms with Gasteiger partial charge in [0.25, 0.3) is 0 Å². The summed E-state index contributed by atoms with van der Waals surface area (Å²) in [6.07, 6.45) is 3.58. The number of pyridine rings is 1. The molecule has 1 aromatic heterocycles. The lowest BCUT2D eigenvalue weighted by Crippen LogP contribution is -2.40. The second-order valence-electron chi connectivity index (χ2n) is 6.17. The highest BCUT2D eigenvalue weighted by molar-refractivity contribution is 14.0. The molecule has 0 radical (unpaired) electrons. The van der Waals surface area contributed by atoms with Gasteiger partial charge in [-0.3, -0.25) is 4.98 Å². The lowest BCUT2D eigenvalue weighted by Gasteiger charge is -2.16. The summed E-state index contributed by atoms with van der Waals surface area (Å²) in [5.41, 5.74) is 1.89. The molecule has 2 aromatic rings. The highest BCUT2D eigenvalue weighted by Gasteiger charge is 2.08. The minimum absolute atomic E-state index is 0. The maximum absolute atomic E-state index is 10.3. The third-order valence-electron chi connectivity index (χ3n) is 4.09. The Morgan fingerprint density at radius 3 is 2.52 bits per heavy atom. The molecule has 1 aromatic carbocycles. The van der Waals surface area contributed by atoms with Gasteiger partial charge in [-0.2, -0.15) is 0 Å². The van der Waals surface area contributed by atoms with Gasteiger partial charge in [-0.25, -0.2) is 4.99 Å². The molecule has 0 spiro atoms. The first-order valence-corrected chi connectivity index (χ1v) is 9.53. The van der Waals surface area contributed by atoms with Crippen molar-refractivity contribution in [1.82, 2.24) is 15.6 Å². The number of aliphatic hydroxyl groups excluding tert-OH is 1. The maximum atomic E-state index is 10.3. The molecule has 0 saturated heterocycles. The van der Waals surface area contributed by atoms with Crippen molar-refractivity contribution in [3.05, 3.63) is 59.9 Å². The van der Waals surface area contributed by atoms with Crippen LogP contribution in [0.5, 0.6) is 5.75 Å². The molecule has 2 rings (SSSR count). The molecule has 7 nitrogen and oxygen atoms in total. The number of rotatable bonds is 11. The Morgan fingerprint density at radius 1 is 1.14 bits per heavy atom. The van der Waals surface area contributed by atoms with E-state index < -0.39 is 6.10 Å². The highest BCUT2D eigenvalue weighted by Crippen LogP contribution is 2.12. The third kappa shape index (κ3) is 9.91. The monoisotopic (exact) mass is 514 g/mol. The normalized spacial score (nSPS) is 12.0. The van der Waals surface area contributed by atoms with E-state index >= 15 is 0 Å². The van der Waals surface area contributed by atoms with Crippen LogP contribution in [0.4, 0.5) is 0 Å². The van der Waals surface area contributed by atoms with Gasteiger partial charge in [0.05, 0.1) is 19.8 Å². The number of aromatic nitrogens is 1. The fraction of sp³-hybridized carbons (Fsp3) is 0.429. The fourth-order valence-electron chi connectivity index (χ4n) is 2.50. The Bertz CT molecular complexity index is 699. The molecule has 0 bridgehead atoms. The maximum Gasteiger partial charge on any atom is 0.191 e. The van der Waals surface area contributed by atoms with E-state index in [1.54, 1.807) is 31.6 Å². The summed E-state index contributed by atoms with van der Waals surface area (Å²) in [7, 11) is 1.65. The largest absolute Gasteiger partial charge is 0.497 e. The van der Waals surface area contributed by atoms with E-state index in [9.17, 15) is 5.11 Å². The zero-order chi connectivity index (χ0) is 20.0. The summed E-state index contributed by atoms with van der Waals surface area (Å²) < 4.78 is 10.5. The van der Waals surface area contributed by atoms with Crippen molar-refractivity contribution in [1.29, 1.82) is 0 Å². The standard InChI is InChI=1S/C21H30N4O3.HI/c1-3-28-14-4-11-23-21(24-15-17-5-7-19(27-2)8-6-17)25-16-20(26)18-9-12-22-13-10-18;/h5-10,12-13,20,26H,3-4,11,14-16H2,1-2H3,(H2,23,24,25);1H. The summed E-state index contributed by atoms with van der Waals surface area (Å²) >= 11 is 0. The van der Waals surface area contributed by atoms with E-state index in [4.69, 9.17) is 9.47 Å². The molecule has 0 aliphatic rings. The molecular formula is C21H31IN4O3. The Balaban J connectivity index is 0.00000420. The van der Waals surface area contributed by atoms with Gasteiger partial charge < -0.3 is 25.2 Å². The van der Waals surface area contributed by atoms with Gasteiger partial charge in [0.2, 0.25) is 0 Å². The molecule has 1 unspecified atom stereocenters. The first-order chi connectivity index (χ1) is 13.7. The van der Waals surface area contributed by atoms with Crippen molar-refractivity contribution in [2.75, 3.05) is 33.4 Å². The van der Waals surface area contributed by atoms with Crippen LogP contribution in [0.3, 0.4) is 0 Å². The predicted molar refractivity (Wildman–Crippen MR) is 126 cm³/mol. The molecule has 3 N–H and O–H groups in total. The van der Waals surface area contributed by atoms with E-state index in [1.807, 2.05) is 31.2 Å². The van der Waals surface area contributed by atoms with Crippen LogP contribution >= 0.6 is 24.0 Å². The van der Waals surface area contributed by atoms with Crippen LogP contribution in [0.15, 0.2) is 53.8 Å². The molecular weight excluding hydrogens is 483 g/mol. The topological polar surface area (TPSA) is 88.0 Å². The van der Waals surface area contributed by atoms with Crippen LogP contribution < -0.4 is 15.4 Å². The lowest BCUT2D eigenvalue weighted by molar-refractivity contribution is 0.145. The Morgan fingerprint density at radius 2 is 1.86 bits per heavy atom. The smallest absolute Gasteiger partial charge is 0.191 e. The van der Waals surface area contributed by atoms with Crippen LogP contribution in [0.25, 0.3) is 0 Å². The molecule has 0 aliphatic heterocycles. The van der Waals surface area contributed by atoms with Gasteiger partial charge in [-0.1, -0.05) is 12.1 Å². The summed E-state index contributed by atoms with van der Waals surface area (Å²) in [6.45, 7) is 5.01. The number of methoxy groups -OCH3 is 1. The van der Waals surface area contributed by atoms with E-state index in [2.05, 4.69) is 20.6 Å². The average Bonchev–Trinajstić information content (AvgIpc) is 2.75. The van der Waals surface area contributed by atoms with Gasteiger partial charge in [0.15, 0.2) is 5.96 Å².